The van der Waals surface area contributed by atoms with Gasteiger partial charge < -0.3 is 14.1 Å². The smallest absolute Gasteiger partial charge is 0.329 e. The molecule has 0 bridgehead atoms. The fourth-order valence-electron chi connectivity index (χ4n) is 2.04. The van der Waals surface area contributed by atoms with Crippen molar-refractivity contribution in [3.05, 3.63) is 69.3 Å². The van der Waals surface area contributed by atoms with Crippen LogP contribution < -0.4 is 11.2 Å². The SMILES string of the molecule is O=c1[nH]cc(F)c(=O)n1C1C=COC1c1ccco1. The second-order valence-corrected chi connectivity index (χ2v) is 4.01. The van der Waals surface area contributed by atoms with Crippen LogP contribution in [0.1, 0.15) is 17.9 Å². The van der Waals surface area contributed by atoms with Gasteiger partial charge in [-0.2, -0.15) is 4.39 Å². The summed E-state index contributed by atoms with van der Waals surface area (Å²) in [6.45, 7) is 0. The number of ether oxygens (including phenoxy) is 1. The topological polar surface area (TPSA) is 77.2 Å². The molecule has 0 fully saturated rings. The maximum atomic E-state index is 13.3. The van der Waals surface area contributed by atoms with Crippen molar-refractivity contribution in [3.63, 3.8) is 0 Å². The van der Waals surface area contributed by atoms with Crippen molar-refractivity contribution < 1.29 is 13.5 Å². The fraction of sp³-hybridized carbons (Fsp3) is 0.167. The van der Waals surface area contributed by atoms with E-state index >= 15 is 0 Å². The van der Waals surface area contributed by atoms with Crippen LogP contribution in [-0.4, -0.2) is 9.55 Å². The van der Waals surface area contributed by atoms with Gasteiger partial charge in [0.15, 0.2) is 6.10 Å². The highest BCUT2D eigenvalue weighted by Crippen LogP contribution is 2.34. The second kappa shape index (κ2) is 4.27. The summed E-state index contributed by atoms with van der Waals surface area (Å²) in [5.74, 6) is -0.580. The third kappa shape index (κ3) is 1.79. The third-order valence-electron chi connectivity index (χ3n) is 2.90. The van der Waals surface area contributed by atoms with Gasteiger partial charge in [0.25, 0.3) is 5.56 Å². The van der Waals surface area contributed by atoms with Crippen LogP contribution in [0.4, 0.5) is 4.39 Å². The summed E-state index contributed by atoms with van der Waals surface area (Å²) in [5, 5.41) is 0. The molecule has 19 heavy (non-hydrogen) atoms. The first-order chi connectivity index (χ1) is 9.18. The molecule has 3 heterocycles. The van der Waals surface area contributed by atoms with Gasteiger partial charge >= 0.3 is 5.69 Å². The van der Waals surface area contributed by atoms with E-state index in [-0.39, 0.29) is 0 Å². The monoisotopic (exact) mass is 264 g/mol. The Balaban J connectivity index is 2.12. The lowest BCUT2D eigenvalue weighted by atomic mass is 10.1. The van der Waals surface area contributed by atoms with Crippen LogP contribution in [0.2, 0.25) is 0 Å². The van der Waals surface area contributed by atoms with Gasteiger partial charge in [-0.25, -0.2) is 9.36 Å². The van der Waals surface area contributed by atoms with E-state index in [9.17, 15) is 14.0 Å². The Labute approximate surface area is 105 Å². The summed E-state index contributed by atoms with van der Waals surface area (Å²) in [6.07, 6.45) is 4.38. The average Bonchev–Trinajstić information content (AvgIpc) is 3.04. The van der Waals surface area contributed by atoms with Gasteiger partial charge in [-0.1, -0.05) is 0 Å². The number of aromatic amines is 1. The molecule has 0 saturated carbocycles. The molecule has 0 radical (unpaired) electrons. The van der Waals surface area contributed by atoms with E-state index in [0.717, 1.165) is 10.8 Å². The Morgan fingerprint density at radius 3 is 2.95 bits per heavy atom. The lowest BCUT2D eigenvalue weighted by molar-refractivity contribution is 0.112. The zero-order valence-corrected chi connectivity index (χ0v) is 9.58. The highest BCUT2D eigenvalue weighted by molar-refractivity contribution is 5.13. The van der Waals surface area contributed by atoms with Gasteiger partial charge in [-0.15, -0.1) is 0 Å². The van der Waals surface area contributed by atoms with Crippen LogP contribution in [0.3, 0.4) is 0 Å². The molecular weight excluding hydrogens is 255 g/mol. The first-order valence-corrected chi connectivity index (χ1v) is 5.54. The Morgan fingerprint density at radius 1 is 1.37 bits per heavy atom. The van der Waals surface area contributed by atoms with Crippen molar-refractivity contribution >= 4 is 0 Å². The van der Waals surface area contributed by atoms with E-state index in [2.05, 4.69) is 4.98 Å². The van der Waals surface area contributed by atoms with Crippen molar-refractivity contribution in [1.82, 2.24) is 9.55 Å². The number of nitrogens with one attached hydrogen (secondary N) is 1. The molecule has 2 aromatic rings. The normalized spacial score (nSPS) is 21.5. The molecule has 2 unspecified atom stereocenters. The molecule has 3 rings (SSSR count). The predicted octanol–water partition coefficient (Wildman–Crippen LogP) is 1.09. The van der Waals surface area contributed by atoms with Gasteiger partial charge in [0.05, 0.1) is 12.5 Å². The molecule has 98 valence electrons. The van der Waals surface area contributed by atoms with Crippen LogP contribution in [-0.2, 0) is 4.74 Å². The lowest BCUT2D eigenvalue weighted by Gasteiger charge is -2.17. The van der Waals surface area contributed by atoms with Crippen molar-refractivity contribution in [3.8, 4) is 0 Å². The number of halogens is 1. The first-order valence-electron chi connectivity index (χ1n) is 5.54. The molecule has 1 N–H and O–H groups in total. The molecule has 6 nitrogen and oxygen atoms in total. The molecule has 0 aromatic carbocycles. The number of nitrogens with zero attached hydrogens (tertiary/aromatic N) is 1. The molecule has 2 aromatic heterocycles. The van der Waals surface area contributed by atoms with E-state index in [0.29, 0.717) is 5.76 Å². The minimum atomic E-state index is -1.03. The summed E-state index contributed by atoms with van der Waals surface area (Å²) in [5.41, 5.74) is -1.71. The van der Waals surface area contributed by atoms with Gasteiger partial charge in [-0.05, 0) is 18.2 Å². The number of hydrogen-bond donors (Lipinski definition) is 1. The third-order valence-corrected chi connectivity index (χ3v) is 2.90. The molecule has 0 spiro atoms. The number of rotatable bonds is 2. The van der Waals surface area contributed by atoms with E-state index in [1.807, 2.05) is 0 Å². The van der Waals surface area contributed by atoms with Crippen molar-refractivity contribution in [2.24, 2.45) is 0 Å². The first kappa shape index (κ1) is 11.5. The molecule has 1 aliphatic heterocycles. The van der Waals surface area contributed by atoms with Gasteiger partial charge in [-0.3, -0.25) is 4.79 Å². The van der Waals surface area contributed by atoms with Crippen LogP contribution >= 0.6 is 0 Å². The molecule has 1 aliphatic rings. The Bertz CT molecular complexity index is 729. The standard InChI is InChI=1S/C12H9FN2O4/c13-7-6-14-12(17)15(11(7)16)8-3-5-19-10(8)9-2-1-4-18-9/h1-6,8,10H,(H,14,17). The van der Waals surface area contributed by atoms with E-state index in [1.165, 1.54) is 18.6 Å². The second-order valence-electron chi connectivity index (χ2n) is 4.01. The highest BCUT2D eigenvalue weighted by Gasteiger charge is 2.32. The predicted molar refractivity (Wildman–Crippen MR) is 62.0 cm³/mol. The van der Waals surface area contributed by atoms with Gasteiger partial charge in [0.2, 0.25) is 5.82 Å². The zero-order chi connectivity index (χ0) is 13.4. The molecule has 7 heteroatoms. The summed E-state index contributed by atoms with van der Waals surface area (Å²) in [6, 6.07) is 2.56. The van der Waals surface area contributed by atoms with E-state index in [1.54, 1.807) is 12.1 Å². The van der Waals surface area contributed by atoms with Crippen molar-refractivity contribution in [2.45, 2.75) is 12.1 Å². The fourth-order valence-corrected chi connectivity index (χ4v) is 2.04. The summed E-state index contributed by atoms with van der Waals surface area (Å²) in [7, 11) is 0. The van der Waals surface area contributed by atoms with Crippen LogP contribution in [0.25, 0.3) is 0 Å². The van der Waals surface area contributed by atoms with E-state index < -0.39 is 29.2 Å². The molecule has 0 saturated heterocycles. The maximum absolute atomic E-state index is 13.3. The molecule has 0 amide bonds. The Kier molecular flexibility index (Phi) is 2.59. The van der Waals surface area contributed by atoms with E-state index in [4.69, 9.17) is 9.15 Å². The number of H-pyrrole nitrogens is 1. The van der Waals surface area contributed by atoms with Crippen molar-refractivity contribution in [2.75, 3.05) is 0 Å². The Hall–Kier alpha value is -2.57. The average molecular weight is 264 g/mol. The number of furan rings is 1. The van der Waals surface area contributed by atoms with Gasteiger partial charge in [0, 0.05) is 6.20 Å². The Morgan fingerprint density at radius 2 is 2.21 bits per heavy atom. The van der Waals surface area contributed by atoms with Crippen LogP contribution in [0, 0.1) is 5.82 Å². The van der Waals surface area contributed by atoms with Crippen molar-refractivity contribution in [1.29, 1.82) is 0 Å². The lowest BCUT2D eigenvalue weighted by Crippen LogP contribution is -2.40. The molecule has 2 atom stereocenters. The van der Waals surface area contributed by atoms with Crippen LogP contribution in [0.15, 0.2) is 50.9 Å². The van der Waals surface area contributed by atoms with Gasteiger partial charge in [0.1, 0.15) is 11.8 Å². The quantitative estimate of drug-likeness (QED) is 0.881. The largest absolute Gasteiger partial charge is 0.488 e. The molecular formula is C12H9FN2O4. The molecule has 0 aliphatic carbocycles. The summed E-state index contributed by atoms with van der Waals surface area (Å²) >= 11 is 0. The highest BCUT2D eigenvalue weighted by atomic mass is 19.1. The minimum Gasteiger partial charge on any atom is -0.488 e. The number of aromatic nitrogens is 2. The maximum Gasteiger partial charge on any atom is 0.329 e. The summed E-state index contributed by atoms with van der Waals surface area (Å²) in [4.78, 5) is 25.6. The minimum absolute atomic E-state index is 0.450. The zero-order valence-electron chi connectivity index (χ0n) is 9.58. The summed E-state index contributed by atoms with van der Waals surface area (Å²) < 4.78 is 24.6. The number of hydrogen-bond acceptors (Lipinski definition) is 4. The van der Waals surface area contributed by atoms with Crippen LogP contribution in [0.5, 0.6) is 0 Å².